The maximum Gasteiger partial charge on any atom is 0.0518 e. The summed E-state index contributed by atoms with van der Waals surface area (Å²) >= 11 is 0. The van der Waals surface area contributed by atoms with Gasteiger partial charge in [0, 0.05) is 0 Å². The Morgan fingerprint density at radius 1 is 1.00 bits per heavy atom. The third-order valence-corrected chi connectivity index (χ3v) is 2.54. The zero-order valence-corrected chi connectivity index (χ0v) is 6.54. The standard InChI is InChI=1S/C9H7Si/c1-2-4-8-6-10-7-9(8)5-3-1/h1-7H. The highest BCUT2D eigenvalue weighted by molar-refractivity contribution is 6.58. The van der Waals surface area contributed by atoms with Gasteiger partial charge in [-0.15, -0.1) is 0 Å². The van der Waals surface area contributed by atoms with E-state index >= 15 is 0 Å². The van der Waals surface area contributed by atoms with Crippen molar-refractivity contribution in [2.75, 3.05) is 0 Å². The maximum absolute atomic E-state index is 2.27. The van der Waals surface area contributed by atoms with E-state index in [-0.39, 0.29) is 0 Å². The molecule has 47 valence electrons. The van der Waals surface area contributed by atoms with E-state index in [1.807, 2.05) is 0 Å². The third-order valence-electron chi connectivity index (χ3n) is 1.58. The van der Waals surface area contributed by atoms with Crippen molar-refractivity contribution < 1.29 is 0 Å². The van der Waals surface area contributed by atoms with Gasteiger partial charge in [0.25, 0.3) is 0 Å². The van der Waals surface area contributed by atoms with Crippen LogP contribution in [0.3, 0.4) is 0 Å². The molecule has 2 rings (SSSR count). The fraction of sp³-hybridized carbons (Fsp3) is 0. The van der Waals surface area contributed by atoms with Crippen LogP contribution in [-0.4, -0.2) is 14.8 Å². The molecule has 0 saturated heterocycles. The van der Waals surface area contributed by atoms with Gasteiger partial charge in [0.1, 0.15) is 0 Å². The van der Waals surface area contributed by atoms with Crippen molar-refractivity contribution in [3.63, 3.8) is 0 Å². The quantitative estimate of drug-likeness (QED) is 0.450. The molecule has 1 radical (unpaired) electrons. The minimum Gasteiger partial charge on any atom is -0.0693 e. The van der Waals surface area contributed by atoms with Crippen LogP contribution in [-0.2, 0) is 0 Å². The molecule has 0 N–H and O–H groups in total. The molecule has 0 aromatic rings. The van der Waals surface area contributed by atoms with Crippen molar-refractivity contribution in [2.24, 2.45) is 0 Å². The van der Waals surface area contributed by atoms with Crippen molar-refractivity contribution in [1.82, 2.24) is 0 Å². The molecule has 0 amide bonds. The first-order valence-electron chi connectivity index (χ1n) is 3.32. The highest BCUT2D eigenvalue weighted by Gasteiger charge is 2.01. The van der Waals surface area contributed by atoms with E-state index in [0.717, 1.165) is 9.13 Å². The SMILES string of the molecule is C1=CC=C2C=[Si]C=C2C=C1. The van der Waals surface area contributed by atoms with E-state index in [1.54, 1.807) is 0 Å². The predicted molar refractivity (Wildman–Crippen MR) is 46.3 cm³/mol. The van der Waals surface area contributed by atoms with E-state index in [2.05, 4.69) is 41.8 Å². The van der Waals surface area contributed by atoms with Crippen molar-refractivity contribution in [1.29, 1.82) is 0 Å². The minimum absolute atomic E-state index is 0.879. The first-order valence-corrected chi connectivity index (χ1v) is 4.47. The van der Waals surface area contributed by atoms with Crippen LogP contribution in [0.2, 0.25) is 0 Å². The summed E-state index contributed by atoms with van der Waals surface area (Å²) in [6, 6.07) is 0. The summed E-state index contributed by atoms with van der Waals surface area (Å²) in [7, 11) is 0.879. The summed E-state index contributed by atoms with van der Waals surface area (Å²) in [5.74, 6) is 0. The van der Waals surface area contributed by atoms with E-state index in [1.165, 1.54) is 11.1 Å². The first-order chi connectivity index (χ1) is 4.97. The number of fused-ring (bicyclic) bond motifs is 1. The Bertz CT molecular complexity index is 288. The smallest absolute Gasteiger partial charge is 0.0518 e. The topological polar surface area (TPSA) is 0 Å². The van der Waals surface area contributed by atoms with Crippen molar-refractivity contribution in [2.45, 2.75) is 0 Å². The largest absolute Gasteiger partial charge is 0.0693 e. The lowest BCUT2D eigenvalue weighted by Crippen LogP contribution is -1.80. The van der Waals surface area contributed by atoms with Crippen LogP contribution in [0, 0.1) is 0 Å². The van der Waals surface area contributed by atoms with Crippen LogP contribution < -0.4 is 0 Å². The lowest BCUT2D eigenvalue weighted by Gasteiger charge is -1.93. The summed E-state index contributed by atoms with van der Waals surface area (Å²) in [4.78, 5) is 0. The Morgan fingerprint density at radius 2 is 2.00 bits per heavy atom. The second-order valence-electron chi connectivity index (χ2n) is 2.28. The van der Waals surface area contributed by atoms with Gasteiger partial charge in [-0.25, -0.2) is 0 Å². The molecule has 0 fully saturated rings. The molecular weight excluding hydrogens is 136 g/mol. The fourth-order valence-electron chi connectivity index (χ4n) is 1.06. The van der Waals surface area contributed by atoms with Gasteiger partial charge in [-0.2, -0.15) is 0 Å². The normalized spacial score (nSPS) is 20.0. The van der Waals surface area contributed by atoms with Gasteiger partial charge in [-0.05, 0) is 11.1 Å². The van der Waals surface area contributed by atoms with E-state index in [0.29, 0.717) is 0 Å². The predicted octanol–water partition coefficient (Wildman–Crippen LogP) is 1.44. The molecule has 0 bridgehead atoms. The number of rotatable bonds is 0. The van der Waals surface area contributed by atoms with Gasteiger partial charge < -0.3 is 0 Å². The molecule has 0 spiro atoms. The van der Waals surface area contributed by atoms with Gasteiger partial charge in [-0.3, -0.25) is 0 Å². The molecule has 0 aromatic carbocycles. The Labute approximate surface area is 62.7 Å². The Hall–Kier alpha value is -0.953. The highest BCUT2D eigenvalue weighted by Crippen LogP contribution is 2.14. The Morgan fingerprint density at radius 3 is 3.00 bits per heavy atom. The molecule has 0 nitrogen and oxygen atoms in total. The molecular formula is C9H7Si. The molecule has 1 aliphatic carbocycles. The molecule has 1 heteroatoms. The second-order valence-corrected chi connectivity index (χ2v) is 3.19. The summed E-state index contributed by atoms with van der Waals surface area (Å²) in [5, 5.41) is 0. The molecule has 2 aliphatic rings. The van der Waals surface area contributed by atoms with Gasteiger partial charge >= 0.3 is 0 Å². The van der Waals surface area contributed by atoms with E-state index in [9.17, 15) is 0 Å². The summed E-state index contributed by atoms with van der Waals surface area (Å²) in [6.07, 6.45) is 10.5. The monoisotopic (exact) mass is 143 g/mol. The second kappa shape index (κ2) is 2.35. The minimum atomic E-state index is 0.879. The van der Waals surface area contributed by atoms with Crippen molar-refractivity contribution in [3.8, 4) is 0 Å². The third kappa shape index (κ3) is 0.887. The van der Waals surface area contributed by atoms with Crippen LogP contribution in [0.5, 0.6) is 0 Å². The van der Waals surface area contributed by atoms with Crippen molar-refractivity contribution in [3.05, 3.63) is 47.2 Å². The Balaban J connectivity index is 2.50. The van der Waals surface area contributed by atoms with Gasteiger partial charge in [0.15, 0.2) is 0 Å². The summed E-state index contributed by atoms with van der Waals surface area (Å²) in [5.41, 5.74) is 7.30. The molecule has 1 heterocycles. The van der Waals surface area contributed by atoms with Gasteiger partial charge in [-0.1, -0.05) is 41.8 Å². The zero-order chi connectivity index (χ0) is 6.81. The van der Waals surface area contributed by atoms with Gasteiger partial charge in [0.2, 0.25) is 0 Å². The Kier molecular flexibility index (Phi) is 1.36. The van der Waals surface area contributed by atoms with Crippen LogP contribution in [0.1, 0.15) is 0 Å². The summed E-state index contributed by atoms with van der Waals surface area (Å²) < 4.78 is 0. The van der Waals surface area contributed by atoms with Gasteiger partial charge in [0.05, 0.1) is 9.13 Å². The maximum atomic E-state index is 2.27. The molecule has 0 atom stereocenters. The molecule has 10 heavy (non-hydrogen) atoms. The molecule has 0 aromatic heterocycles. The highest BCUT2D eigenvalue weighted by atomic mass is 28.2. The number of allylic oxidation sites excluding steroid dienone is 7. The lowest BCUT2D eigenvalue weighted by molar-refractivity contribution is 1.69. The number of hydrogen-bond acceptors (Lipinski definition) is 0. The average Bonchev–Trinajstić information content (AvgIpc) is 2.28. The summed E-state index contributed by atoms with van der Waals surface area (Å²) in [6.45, 7) is 0. The van der Waals surface area contributed by atoms with Crippen LogP contribution in [0.4, 0.5) is 0 Å². The van der Waals surface area contributed by atoms with E-state index < -0.39 is 0 Å². The zero-order valence-electron chi connectivity index (χ0n) is 5.54. The van der Waals surface area contributed by atoms with Crippen molar-refractivity contribution >= 4 is 14.8 Å². The molecule has 0 saturated carbocycles. The molecule has 0 unspecified atom stereocenters. The lowest BCUT2D eigenvalue weighted by atomic mass is 10.1. The van der Waals surface area contributed by atoms with Crippen LogP contribution >= 0.6 is 0 Å². The fourth-order valence-corrected chi connectivity index (χ4v) is 2.03. The van der Waals surface area contributed by atoms with Crippen LogP contribution in [0.15, 0.2) is 47.2 Å². The molecule has 1 aliphatic heterocycles. The first kappa shape index (κ1) is 5.80. The average molecular weight is 143 g/mol. The number of hydrogen-bond donors (Lipinski definition) is 0. The van der Waals surface area contributed by atoms with E-state index in [4.69, 9.17) is 0 Å². The van der Waals surface area contributed by atoms with Crippen LogP contribution in [0.25, 0.3) is 0 Å².